The van der Waals surface area contributed by atoms with E-state index in [2.05, 4.69) is 40.3 Å². The third-order valence-corrected chi connectivity index (χ3v) is 4.74. The van der Waals surface area contributed by atoms with Gasteiger partial charge >= 0.3 is 0 Å². The summed E-state index contributed by atoms with van der Waals surface area (Å²) in [5.74, 6) is 1.71. The molecule has 0 aliphatic carbocycles. The van der Waals surface area contributed by atoms with Gasteiger partial charge in [-0.15, -0.1) is 11.3 Å². The Bertz CT molecular complexity index is 571. The van der Waals surface area contributed by atoms with Crippen LogP contribution in [-0.4, -0.2) is 14.2 Å². The van der Waals surface area contributed by atoms with Crippen molar-refractivity contribution in [2.24, 2.45) is 0 Å². The fourth-order valence-electron chi connectivity index (χ4n) is 1.99. The summed E-state index contributed by atoms with van der Waals surface area (Å²) in [4.78, 5) is 1.30. The van der Waals surface area contributed by atoms with Crippen molar-refractivity contribution in [2.75, 3.05) is 14.2 Å². The monoisotopic (exact) mass is 355 g/mol. The highest BCUT2D eigenvalue weighted by atomic mass is 79.9. The van der Waals surface area contributed by atoms with Crippen LogP contribution in [0.1, 0.15) is 23.4 Å². The quantitative estimate of drug-likeness (QED) is 0.833. The van der Waals surface area contributed by atoms with E-state index in [-0.39, 0.29) is 6.04 Å². The first-order chi connectivity index (χ1) is 9.63. The summed E-state index contributed by atoms with van der Waals surface area (Å²) in [6.07, 6.45) is 0. The lowest BCUT2D eigenvalue weighted by Gasteiger charge is -2.18. The average Bonchev–Trinajstić information content (AvgIpc) is 2.89. The van der Waals surface area contributed by atoms with Crippen molar-refractivity contribution >= 4 is 27.3 Å². The van der Waals surface area contributed by atoms with E-state index < -0.39 is 0 Å². The van der Waals surface area contributed by atoms with Gasteiger partial charge in [0, 0.05) is 23.0 Å². The molecule has 0 bridgehead atoms. The van der Waals surface area contributed by atoms with Crippen molar-refractivity contribution in [2.45, 2.75) is 19.5 Å². The molecule has 0 aliphatic heterocycles. The second kappa shape index (κ2) is 7.11. The van der Waals surface area contributed by atoms with E-state index in [9.17, 15) is 0 Å². The van der Waals surface area contributed by atoms with Crippen LogP contribution in [-0.2, 0) is 6.54 Å². The molecule has 0 fully saturated rings. The van der Waals surface area contributed by atoms with Gasteiger partial charge in [-0.25, -0.2) is 0 Å². The summed E-state index contributed by atoms with van der Waals surface area (Å²) in [5, 5.41) is 3.51. The summed E-state index contributed by atoms with van der Waals surface area (Å²) >= 11 is 5.22. The van der Waals surface area contributed by atoms with Crippen LogP contribution in [0, 0.1) is 0 Å². The van der Waals surface area contributed by atoms with E-state index in [0.717, 1.165) is 27.4 Å². The highest BCUT2D eigenvalue weighted by Gasteiger charge is 2.12. The van der Waals surface area contributed by atoms with Gasteiger partial charge in [0.25, 0.3) is 0 Å². The third kappa shape index (κ3) is 3.75. The molecule has 108 valence electrons. The zero-order chi connectivity index (χ0) is 14.5. The molecule has 5 heteroatoms. The Hall–Kier alpha value is -1.04. The van der Waals surface area contributed by atoms with Crippen molar-refractivity contribution in [1.29, 1.82) is 0 Å². The van der Waals surface area contributed by atoms with E-state index >= 15 is 0 Å². The molecule has 3 nitrogen and oxygen atoms in total. The topological polar surface area (TPSA) is 30.5 Å². The zero-order valence-corrected chi connectivity index (χ0v) is 14.2. The molecule has 1 N–H and O–H groups in total. The van der Waals surface area contributed by atoms with Gasteiger partial charge in [-0.1, -0.05) is 0 Å². The van der Waals surface area contributed by atoms with Crippen molar-refractivity contribution in [3.05, 3.63) is 44.6 Å². The van der Waals surface area contributed by atoms with Crippen LogP contribution in [0.25, 0.3) is 0 Å². The maximum Gasteiger partial charge on any atom is 0.123 e. The second-order valence-electron chi connectivity index (χ2n) is 4.42. The third-order valence-electron chi connectivity index (χ3n) is 3.11. The lowest BCUT2D eigenvalue weighted by Crippen LogP contribution is -2.18. The van der Waals surface area contributed by atoms with Crippen molar-refractivity contribution in [3.8, 4) is 11.5 Å². The Morgan fingerprint density at radius 3 is 2.60 bits per heavy atom. The molecule has 2 rings (SSSR count). The van der Waals surface area contributed by atoms with Gasteiger partial charge < -0.3 is 14.8 Å². The minimum atomic E-state index is 0.181. The summed E-state index contributed by atoms with van der Waals surface area (Å²) < 4.78 is 11.9. The molecule has 1 aromatic carbocycles. The van der Waals surface area contributed by atoms with Crippen LogP contribution in [0.4, 0.5) is 0 Å². The highest BCUT2D eigenvalue weighted by Crippen LogP contribution is 2.30. The van der Waals surface area contributed by atoms with Gasteiger partial charge in [0.15, 0.2) is 0 Å². The number of benzene rings is 1. The molecular weight excluding hydrogens is 338 g/mol. The van der Waals surface area contributed by atoms with E-state index in [0.29, 0.717) is 0 Å². The van der Waals surface area contributed by atoms with Crippen molar-refractivity contribution in [1.82, 2.24) is 5.32 Å². The normalized spacial score (nSPS) is 12.2. The molecule has 20 heavy (non-hydrogen) atoms. The Kier molecular flexibility index (Phi) is 5.46. The molecule has 1 atom stereocenters. The number of ether oxygens (including phenoxy) is 2. The van der Waals surface area contributed by atoms with Gasteiger partial charge in [0.05, 0.1) is 18.0 Å². The Morgan fingerprint density at radius 2 is 2.00 bits per heavy atom. The van der Waals surface area contributed by atoms with Crippen LogP contribution in [0.3, 0.4) is 0 Å². The molecule has 2 aromatic rings. The van der Waals surface area contributed by atoms with Crippen LogP contribution >= 0.6 is 27.3 Å². The van der Waals surface area contributed by atoms with Crippen molar-refractivity contribution in [3.63, 3.8) is 0 Å². The minimum absolute atomic E-state index is 0.181. The SMILES string of the molecule is COc1ccc(OC)c(C(C)NCc2ccc(Br)s2)c1. The second-order valence-corrected chi connectivity index (χ2v) is 6.96. The van der Waals surface area contributed by atoms with Crippen LogP contribution in [0.15, 0.2) is 34.1 Å². The summed E-state index contributed by atoms with van der Waals surface area (Å²) in [6, 6.07) is 10.2. The predicted octanol–water partition coefficient (Wildman–Crippen LogP) is 4.38. The van der Waals surface area contributed by atoms with E-state index in [1.807, 2.05) is 18.2 Å². The molecule has 0 saturated heterocycles. The first-order valence-electron chi connectivity index (χ1n) is 6.33. The highest BCUT2D eigenvalue weighted by molar-refractivity contribution is 9.11. The molecule has 1 unspecified atom stereocenters. The van der Waals surface area contributed by atoms with Crippen molar-refractivity contribution < 1.29 is 9.47 Å². The molecular formula is C15H18BrNO2S. The minimum Gasteiger partial charge on any atom is -0.497 e. The first-order valence-corrected chi connectivity index (χ1v) is 7.94. The number of methoxy groups -OCH3 is 2. The number of thiophene rings is 1. The van der Waals surface area contributed by atoms with Gasteiger partial charge in [0.2, 0.25) is 0 Å². The van der Waals surface area contributed by atoms with Crippen LogP contribution in [0.5, 0.6) is 11.5 Å². The van der Waals surface area contributed by atoms with E-state index in [1.54, 1.807) is 25.6 Å². The number of halogens is 1. The van der Waals surface area contributed by atoms with Crippen LogP contribution < -0.4 is 14.8 Å². The molecule has 1 heterocycles. The largest absolute Gasteiger partial charge is 0.497 e. The summed E-state index contributed by atoms with van der Waals surface area (Å²) in [7, 11) is 3.36. The molecule has 0 spiro atoms. The molecule has 0 amide bonds. The lowest BCUT2D eigenvalue weighted by molar-refractivity contribution is 0.391. The summed E-state index contributed by atoms with van der Waals surface area (Å²) in [6.45, 7) is 2.96. The van der Waals surface area contributed by atoms with Gasteiger partial charge in [-0.05, 0) is 53.2 Å². The first kappa shape index (κ1) is 15.4. The van der Waals surface area contributed by atoms with E-state index in [4.69, 9.17) is 9.47 Å². The number of hydrogen-bond donors (Lipinski definition) is 1. The Labute approximate surface area is 132 Å². The smallest absolute Gasteiger partial charge is 0.123 e. The molecule has 0 radical (unpaired) electrons. The number of hydrogen-bond acceptors (Lipinski definition) is 4. The predicted molar refractivity (Wildman–Crippen MR) is 86.8 cm³/mol. The average molecular weight is 356 g/mol. The molecule has 1 aromatic heterocycles. The fourth-order valence-corrected chi connectivity index (χ4v) is 3.42. The Balaban J connectivity index is 2.09. The van der Waals surface area contributed by atoms with Gasteiger partial charge in [-0.2, -0.15) is 0 Å². The number of nitrogens with one attached hydrogen (secondary N) is 1. The maximum atomic E-state index is 5.42. The number of rotatable bonds is 6. The van der Waals surface area contributed by atoms with Crippen LogP contribution in [0.2, 0.25) is 0 Å². The maximum absolute atomic E-state index is 5.42. The Morgan fingerprint density at radius 1 is 1.20 bits per heavy atom. The van der Waals surface area contributed by atoms with Gasteiger partial charge in [-0.3, -0.25) is 0 Å². The summed E-state index contributed by atoms with van der Waals surface area (Å²) in [5.41, 5.74) is 1.10. The molecule has 0 saturated carbocycles. The fraction of sp³-hybridized carbons (Fsp3) is 0.333. The zero-order valence-electron chi connectivity index (χ0n) is 11.8. The standard InChI is InChI=1S/C15H18BrNO2S/c1-10(17-9-12-5-7-15(16)20-12)13-8-11(18-2)4-6-14(13)19-3/h4-8,10,17H,9H2,1-3H3. The lowest BCUT2D eigenvalue weighted by atomic mass is 10.1. The van der Waals surface area contributed by atoms with E-state index in [1.165, 1.54) is 4.88 Å². The molecule has 0 aliphatic rings. The van der Waals surface area contributed by atoms with Gasteiger partial charge in [0.1, 0.15) is 11.5 Å².